The molecule has 0 radical (unpaired) electrons. The Bertz CT molecular complexity index is 657. The Balaban J connectivity index is 1.41. The van der Waals surface area contributed by atoms with E-state index in [0.717, 1.165) is 64.0 Å². The van der Waals surface area contributed by atoms with Gasteiger partial charge in [-0.1, -0.05) is 38.8 Å². The van der Waals surface area contributed by atoms with E-state index in [-0.39, 0.29) is 11.8 Å². The lowest BCUT2D eigenvalue weighted by Gasteiger charge is -2.33. The van der Waals surface area contributed by atoms with Gasteiger partial charge in [0, 0.05) is 24.7 Å². The van der Waals surface area contributed by atoms with Gasteiger partial charge in [0.05, 0.1) is 6.54 Å². The molecule has 0 bridgehead atoms. The number of carbonyl (C=O) groups is 2. The molecule has 160 valence electrons. The Kier molecular flexibility index (Phi) is 8.10. The Morgan fingerprint density at radius 1 is 1.00 bits per heavy atom. The molecule has 0 saturated carbocycles. The Morgan fingerprint density at radius 2 is 1.62 bits per heavy atom. The van der Waals surface area contributed by atoms with Crippen LogP contribution >= 0.6 is 0 Å². The molecule has 2 aliphatic rings. The van der Waals surface area contributed by atoms with Crippen molar-refractivity contribution < 1.29 is 9.59 Å². The van der Waals surface area contributed by atoms with E-state index >= 15 is 0 Å². The SMILES string of the molecule is CC[C@H](C)c1ccc(NC(=O)CN2CCC(C(=O)N3CCCCCC3)CC2)cc1. The molecule has 29 heavy (non-hydrogen) atoms. The number of hydrogen-bond donors (Lipinski definition) is 1. The minimum Gasteiger partial charge on any atom is -0.342 e. The number of nitrogens with zero attached hydrogens (tertiary/aromatic N) is 2. The molecule has 0 unspecified atom stereocenters. The summed E-state index contributed by atoms with van der Waals surface area (Å²) in [6, 6.07) is 8.18. The number of carbonyl (C=O) groups excluding carboxylic acids is 2. The summed E-state index contributed by atoms with van der Waals surface area (Å²) in [6.07, 6.45) is 7.63. The minimum atomic E-state index is 0.0265. The molecule has 5 heteroatoms. The molecule has 1 aromatic rings. The van der Waals surface area contributed by atoms with Crippen molar-refractivity contribution in [3.63, 3.8) is 0 Å². The van der Waals surface area contributed by atoms with E-state index in [1.807, 2.05) is 12.1 Å². The van der Waals surface area contributed by atoms with E-state index in [1.165, 1.54) is 18.4 Å². The number of anilines is 1. The second-order valence-corrected chi connectivity index (χ2v) is 8.77. The monoisotopic (exact) mass is 399 g/mol. The number of benzene rings is 1. The van der Waals surface area contributed by atoms with Crippen molar-refractivity contribution >= 4 is 17.5 Å². The van der Waals surface area contributed by atoms with Crippen LogP contribution in [0.4, 0.5) is 5.69 Å². The maximum Gasteiger partial charge on any atom is 0.238 e. The highest BCUT2D eigenvalue weighted by molar-refractivity contribution is 5.92. The van der Waals surface area contributed by atoms with Crippen molar-refractivity contribution in [1.82, 2.24) is 9.80 Å². The fourth-order valence-corrected chi connectivity index (χ4v) is 4.42. The Labute approximate surface area is 175 Å². The van der Waals surface area contributed by atoms with Gasteiger partial charge >= 0.3 is 0 Å². The van der Waals surface area contributed by atoms with E-state index in [2.05, 4.69) is 41.1 Å². The number of nitrogens with one attached hydrogen (secondary N) is 1. The van der Waals surface area contributed by atoms with E-state index in [0.29, 0.717) is 18.4 Å². The summed E-state index contributed by atoms with van der Waals surface area (Å²) in [5, 5.41) is 3.01. The number of amides is 2. The summed E-state index contributed by atoms with van der Waals surface area (Å²) >= 11 is 0. The molecule has 2 fully saturated rings. The van der Waals surface area contributed by atoms with E-state index in [4.69, 9.17) is 0 Å². The van der Waals surface area contributed by atoms with Crippen LogP contribution in [0.3, 0.4) is 0 Å². The van der Waals surface area contributed by atoms with Gasteiger partial charge in [-0.3, -0.25) is 14.5 Å². The molecule has 0 aromatic heterocycles. The van der Waals surface area contributed by atoms with Crippen LogP contribution in [0, 0.1) is 5.92 Å². The molecule has 1 N–H and O–H groups in total. The second-order valence-electron chi connectivity index (χ2n) is 8.77. The van der Waals surface area contributed by atoms with E-state index < -0.39 is 0 Å². The highest BCUT2D eigenvalue weighted by atomic mass is 16.2. The first-order valence-electron chi connectivity index (χ1n) is 11.5. The number of piperidine rings is 1. The fraction of sp³-hybridized carbons (Fsp3) is 0.667. The van der Waals surface area contributed by atoms with Crippen LogP contribution in [0.5, 0.6) is 0 Å². The summed E-state index contributed by atoms with van der Waals surface area (Å²) in [4.78, 5) is 29.5. The van der Waals surface area contributed by atoms with Crippen molar-refractivity contribution in [2.45, 2.75) is 64.7 Å². The van der Waals surface area contributed by atoms with Gasteiger partial charge in [-0.2, -0.15) is 0 Å². The van der Waals surface area contributed by atoms with Crippen LogP contribution in [-0.4, -0.2) is 54.3 Å². The van der Waals surface area contributed by atoms with Gasteiger partial charge < -0.3 is 10.2 Å². The smallest absolute Gasteiger partial charge is 0.238 e. The summed E-state index contributed by atoms with van der Waals surface area (Å²) < 4.78 is 0. The average molecular weight is 400 g/mol. The van der Waals surface area contributed by atoms with E-state index in [1.54, 1.807) is 0 Å². The van der Waals surface area contributed by atoms with Gasteiger partial charge in [-0.05, 0) is 68.8 Å². The van der Waals surface area contributed by atoms with Gasteiger partial charge in [0.2, 0.25) is 11.8 Å². The van der Waals surface area contributed by atoms with Crippen molar-refractivity contribution in [1.29, 1.82) is 0 Å². The molecule has 1 atom stereocenters. The van der Waals surface area contributed by atoms with Gasteiger partial charge in [-0.25, -0.2) is 0 Å². The third kappa shape index (κ3) is 6.30. The van der Waals surface area contributed by atoms with Crippen LogP contribution in [0.2, 0.25) is 0 Å². The zero-order valence-electron chi connectivity index (χ0n) is 18.2. The normalized spacial score (nSPS) is 20.1. The van der Waals surface area contributed by atoms with Crippen LogP contribution in [-0.2, 0) is 9.59 Å². The molecule has 1 aromatic carbocycles. The summed E-state index contributed by atoms with van der Waals surface area (Å²) in [7, 11) is 0. The number of hydrogen-bond acceptors (Lipinski definition) is 3. The zero-order chi connectivity index (χ0) is 20.6. The van der Waals surface area contributed by atoms with Crippen molar-refractivity contribution in [3.8, 4) is 0 Å². The standard InChI is InChI=1S/C24H37N3O2/c1-3-19(2)20-8-10-22(11-9-20)25-23(28)18-26-16-12-21(13-17-26)24(29)27-14-6-4-5-7-15-27/h8-11,19,21H,3-7,12-18H2,1-2H3,(H,25,28)/t19-/m0/s1. The minimum absolute atomic E-state index is 0.0265. The quantitative estimate of drug-likeness (QED) is 0.778. The highest BCUT2D eigenvalue weighted by Gasteiger charge is 2.29. The molecule has 2 aliphatic heterocycles. The molecule has 5 nitrogen and oxygen atoms in total. The predicted octanol–water partition coefficient (Wildman–Crippen LogP) is 4.25. The number of rotatable bonds is 6. The highest BCUT2D eigenvalue weighted by Crippen LogP contribution is 2.23. The molecule has 0 spiro atoms. The van der Waals surface area contributed by atoms with Crippen LogP contribution in [0.25, 0.3) is 0 Å². The first-order chi connectivity index (χ1) is 14.1. The summed E-state index contributed by atoms with van der Waals surface area (Å²) in [5.41, 5.74) is 2.16. The summed E-state index contributed by atoms with van der Waals surface area (Å²) in [5.74, 6) is 1.05. The van der Waals surface area contributed by atoms with Crippen LogP contribution in [0.15, 0.2) is 24.3 Å². The maximum atomic E-state index is 12.8. The predicted molar refractivity (Wildman–Crippen MR) is 118 cm³/mol. The Morgan fingerprint density at radius 3 is 2.21 bits per heavy atom. The van der Waals surface area contributed by atoms with Crippen molar-refractivity contribution in [2.75, 3.05) is 38.0 Å². The lowest BCUT2D eigenvalue weighted by Crippen LogP contribution is -2.44. The molecular weight excluding hydrogens is 362 g/mol. The first kappa shape index (κ1) is 21.8. The molecule has 2 heterocycles. The van der Waals surface area contributed by atoms with Gasteiger partial charge in [0.1, 0.15) is 0 Å². The van der Waals surface area contributed by atoms with E-state index in [9.17, 15) is 9.59 Å². The Hall–Kier alpha value is -1.88. The average Bonchev–Trinajstić information content (AvgIpc) is 3.03. The topological polar surface area (TPSA) is 52.7 Å². The van der Waals surface area contributed by atoms with Crippen molar-refractivity contribution in [2.24, 2.45) is 5.92 Å². The third-order valence-corrected chi connectivity index (χ3v) is 6.60. The molecule has 0 aliphatic carbocycles. The second kappa shape index (κ2) is 10.8. The molecule has 2 amide bonds. The third-order valence-electron chi connectivity index (χ3n) is 6.60. The maximum absolute atomic E-state index is 12.8. The van der Waals surface area contributed by atoms with Crippen molar-refractivity contribution in [3.05, 3.63) is 29.8 Å². The molecule has 2 saturated heterocycles. The lowest BCUT2D eigenvalue weighted by molar-refractivity contribution is -0.137. The largest absolute Gasteiger partial charge is 0.342 e. The molecular formula is C24H37N3O2. The fourth-order valence-electron chi connectivity index (χ4n) is 4.42. The molecule has 3 rings (SSSR count). The zero-order valence-corrected chi connectivity index (χ0v) is 18.2. The van der Waals surface area contributed by atoms with Crippen LogP contribution in [0.1, 0.15) is 70.3 Å². The first-order valence-corrected chi connectivity index (χ1v) is 11.5. The summed E-state index contributed by atoms with van der Waals surface area (Å²) in [6.45, 7) is 8.31. The van der Waals surface area contributed by atoms with Gasteiger partial charge in [0.15, 0.2) is 0 Å². The van der Waals surface area contributed by atoms with Gasteiger partial charge in [-0.15, -0.1) is 0 Å². The number of likely N-dealkylation sites (tertiary alicyclic amines) is 2. The lowest BCUT2D eigenvalue weighted by atomic mass is 9.95. The van der Waals surface area contributed by atoms with Crippen LogP contribution < -0.4 is 5.32 Å². The van der Waals surface area contributed by atoms with Gasteiger partial charge in [0.25, 0.3) is 0 Å².